The van der Waals surface area contributed by atoms with Crippen LogP contribution in [0.25, 0.3) is 0 Å². The molecule has 7 rings (SSSR count). The number of hydrogen-bond acceptors (Lipinski definition) is 8. The van der Waals surface area contributed by atoms with Crippen LogP contribution in [-0.4, -0.2) is 54.6 Å². The molecule has 1 aliphatic heterocycles. The number of aromatic nitrogens is 1. The smallest absolute Gasteiger partial charge is 0.331 e. The van der Waals surface area contributed by atoms with Crippen molar-refractivity contribution < 1.29 is 28.8 Å². The third-order valence-corrected chi connectivity index (χ3v) is 11.7. The number of rotatable bonds is 9. The first-order valence-electron chi connectivity index (χ1n) is 17.5. The number of esters is 1. The molecular formula is C39H47ClN2O6. The van der Waals surface area contributed by atoms with Crippen LogP contribution in [0.15, 0.2) is 48.7 Å². The van der Waals surface area contributed by atoms with Gasteiger partial charge in [0.1, 0.15) is 17.9 Å². The number of fused-ring (bicyclic) bond motifs is 4. The lowest BCUT2D eigenvalue weighted by Gasteiger charge is -2.48. The lowest BCUT2D eigenvalue weighted by atomic mass is 9.59. The fourth-order valence-corrected chi connectivity index (χ4v) is 9.18. The molecule has 2 N–H and O–H groups in total. The molecule has 0 radical (unpaired) electrons. The van der Waals surface area contributed by atoms with E-state index in [1.165, 1.54) is 42.3 Å². The van der Waals surface area contributed by atoms with E-state index in [2.05, 4.69) is 36.3 Å². The Bertz CT molecular complexity index is 1650. The highest BCUT2D eigenvalue weighted by Gasteiger charge is 2.55. The maximum Gasteiger partial charge on any atom is 0.331 e. The minimum absolute atomic E-state index is 0.0991. The SMILES string of the molecule is COC(=O)C1(Nc2cccc(Cl)c2)CCC2(CC1)c1cc3c(cc1C[C@@H]2C[C@@H](C)COc1ccnc2c1[C@H](C)CCC2)OC[C@@H](CO)O3. The predicted octanol–water partition coefficient (Wildman–Crippen LogP) is 7.42. The van der Waals surface area contributed by atoms with E-state index in [0.717, 1.165) is 49.3 Å². The van der Waals surface area contributed by atoms with Gasteiger partial charge >= 0.3 is 5.97 Å². The molecule has 2 heterocycles. The summed E-state index contributed by atoms with van der Waals surface area (Å²) < 4.78 is 24.2. The van der Waals surface area contributed by atoms with Crippen LogP contribution in [0.4, 0.5) is 5.69 Å². The molecule has 1 aromatic heterocycles. The Morgan fingerprint density at radius 2 is 2.00 bits per heavy atom. The number of nitrogens with zero attached hydrogens (tertiary/aromatic N) is 1. The van der Waals surface area contributed by atoms with E-state index in [4.69, 9.17) is 30.5 Å². The molecule has 3 aliphatic carbocycles. The van der Waals surface area contributed by atoms with Gasteiger partial charge in [0.05, 0.1) is 20.3 Å². The van der Waals surface area contributed by atoms with Gasteiger partial charge in [-0.2, -0.15) is 0 Å². The van der Waals surface area contributed by atoms with Crippen LogP contribution < -0.4 is 19.5 Å². The molecule has 4 atom stereocenters. The highest BCUT2D eigenvalue weighted by molar-refractivity contribution is 6.30. The zero-order chi connectivity index (χ0) is 33.5. The first kappa shape index (κ1) is 33.0. The third kappa shape index (κ3) is 6.11. The third-order valence-electron chi connectivity index (χ3n) is 11.4. The van der Waals surface area contributed by atoms with Gasteiger partial charge in [-0.15, -0.1) is 0 Å². The molecule has 256 valence electrons. The molecule has 0 bridgehead atoms. The summed E-state index contributed by atoms with van der Waals surface area (Å²) in [6, 6.07) is 13.9. The minimum Gasteiger partial charge on any atom is -0.493 e. The van der Waals surface area contributed by atoms with Gasteiger partial charge in [-0.1, -0.05) is 31.5 Å². The van der Waals surface area contributed by atoms with E-state index in [1.807, 2.05) is 36.5 Å². The molecule has 2 aromatic carbocycles. The largest absolute Gasteiger partial charge is 0.493 e. The number of halogens is 1. The predicted molar refractivity (Wildman–Crippen MR) is 185 cm³/mol. The van der Waals surface area contributed by atoms with Gasteiger partial charge < -0.3 is 29.4 Å². The summed E-state index contributed by atoms with van der Waals surface area (Å²) in [7, 11) is 1.46. The van der Waals surface area contributed by atoms with Crippen LogP contribution in [-0.2, 0) is 27.8 Å². The van der Waals surface area contributed by atoms with Crippen molar-refractivity contribution in [3.05, 3.63) is 76.1 Å². The summed E-state index contributed by atoms with van der Waals surface area (Å²) in [6.45, 7) is 5.44. The second kappa shape index (κ2) is 13.4. The molecule has 9 heteroatoms. The number of pyridine rings is 1. The number of aliphatic hydroxyl groups is 1. The van der Waals surface area contributed by atoms with E-state index in [1.54, 1.807) is 0 Å². The number of methoxy groups -OCH3 is 1. The Morgan fingerprint density at radius 3 is 2.77 bits per heavy atom. The minimum atomic E-state index is -0.861. The molecule has 1 spiro atoms. The van der Waals surface area contributed by atoms with Crippen LogP contribution in [0, 0.1) is 11.8 Å². The van der Waals surface area contributed by atoms with E-state index in [9.17, 15) is 9.90 Å². The van der Waals surface area contributed by atoms with E-state index in [0.29, 0.717) is 54.6 Å². The van der Waals surface area contributed by atoms with Crippen molar-refractivity contribution in [1.82, 2.24) is 4.98 Å². The molecule has 0 amide bonds. The van der Waals surface area contributed by atoms with Gasteiger partial charge in [-0.25, -0.2) is 4.79 Å². The van der Waals surface area contributed by atoms with E-state index < -0.39 is 5.54 Å². The lowest BCUT2D eigenvalue weighted by Crippen LogP contribution is -2.53. The molecule has 8 nitrogen and oxygen atoms in total. The fourth-order valence-electron chi connectivity index (χ4n) is 8.99. The van der Waals surface area contributed by atoms with Crippen LogP contribution in [0.2, 0.25) is 5.02 Å². The van der Waals surface area contributed by atoms with Crippen molar-refractivity contribution in [1.29, 1.82) is 0 Å². The van der Waals surface area contributed by atoms with Gasteiger partial charge in [0.2, 0.25) is 0 Å². The monoisotopic (exact) mass is 674 g/mol. The second-order valence-corrected chi connectivity index (χ2v) is 15.0. The molecule has 0 saturated heterocycles. The van der Waals surface area contributed by atoms with Crippen LogP contribution in [0.5, 0.6) is 17.2 Å². The van der Waals surface area contributed by atoms with Gasteiger partial charge in [0.25, 0.3) is 0 Å². The van der Waals surface area contributed by atoms with Gasteiger partial charge in [-0.05, 0) is 128 Å². The standard InChI is InChI=1S/C39H47ClN2O6/c1-24(22-46-33-10-15-41-32-9-4-6-25(2)36(32)33)16-27-17-26-18-34-35(48-30(21-43)23-47-34)20-31(26)38(27)11-13-39(14-12-38,37(44)45-3)42-29-8-5-7-28(40)19-29/h5,7-8,10,15,18-20,24-25,27,30,42-43H,4,6,9,11-14,16-17,21-23H2,1-3H3/t24-,25-,27+,30-,38?,39?/m1/s1. The number of nitrogens with one attached hydrogen (secondary N) is 1. The van der Waals surface area contributed by atoms with Crippen molar-refractivity contribution in [2.75, 3.05) is 32.2 Å². The quantitative estimate of drug-likeness (QED) is 0.226. The first-order chi connectivity index (χ1) is 23.2. The molecule has 1 fully saturated rings. The van der Waals surface area contributed by atoms with Crippen molar-refractivity contribution in [3.8, 4) is 17.2 Å². The highest BCUT2D eigenvalue weighted by Crippen LogP contribution is 2.58. The van der Waals surface area contributed by atoms with Gasteiger partial charge in [-0.3, -0.25) is 4.98 Å². The second-order valence-electron chi connectivity index (χ2n) is 14.6. The Kier molecular flexibility index (Phi) is 9.24. The number of benzene rings is 2. The molecule has 0 unspecified atom stereocenters. The van der Waals surface area contributed by atoms with Crippen molar-refractivity contribution in [2.45, 2.75) is 94.6 Å². The van der Waals surface area contributed by atoms with Crippen LogP contribution >= 0.6 is 11.6 Å². The number of anilines is 1. The van der Waals surface area contributed by atoms with Gasteiger partial charge in [0.15, 0.2) is 17.6 Å². The molecule has 4 aliphatic rings. The Morgan fingerprint density at radius 1 is 1.17 bits per heavy atom. The summed E-state index contributed by atoms with van der Waals surface area (Å²) >= 11 is 6.32. The molecule has 48 heavy (non-hydrogen) atoms. The van der Waals surface area contributed by atoms with E-state index >= 15 is 0 Å². The maximum absolute atomic E-state index is 13.5. The van der Waals surface area contributed by atoms with Crippen molar-refractivity contribution >= 4 is 23.3 Å². The summed E-state index contributed by atoms with van der Waals surface area (Å²) in [5.41, 5.74) is 4.81. The normalized spacial score (nSPS) is 27.9. The van der Waals surface area contributed by atoms with Crippen molar-refractivity contribution in [3.63, 3.8) is 0 Å². The van der Waals surface area contributed by atoms with E-state index in [-0.39, 0.29) is 24.1 Å². The highest BCUT2D eigenvalue weighted by atomic mass is 35.5. The average molecular weight is 675 g/mol. The molecule has 3 aromatic rings. The fraction of sp³-hybridized carbons (Fsp3) is 0.538. The zero-order valence-electron chi connectivity index (χ0n) is 28.2. The number of hydrogen-bond donors (Lipinski definition) is 2. The molecular weight excluding hydrogens is 628 g/mol. The first-order valence-corrected chi connectivity index (χ1v) is 17.9. The summed E-state index contributed by atoms with van der Waals surface area (Å²) in [5.74, 6) is 3.27. The number of ether oxygens (including phenoxy) is 4. The maximum atomic E-state index is 13.5. The zero-order valence-corrected chi connectivity index (χ0v) is 29.0. The van der Waals surface area contributed by atoms with Crippen molar-refractivity contribution in [2.24, 2.45) is 11.8 Å². The summed E-state index contributed by atoms with van der Waals surface area (Å²) in [5, 5.41) is 14.0. The Labute approximate surface area is 288 Å². The van der Waals surface area contributed by atoms with Crippen LogP contribution in [0.3, 0.4) is 0 Å². The summed E-state index contributed by atoms with van der Waals surface area (Å²) in [4.78, 5) is 18.2. The number of carbonyl (C=O) groups excluding carboxylic acids is 1. The van der Waals surface area contributed by atoms with Crippen LogP contribution in [0.1, 0.15) is 87.1 Å². The van der Waals surface area contributed by atoms with Gasteiger partial charge in [0, 0.05) is 28.2 Å². The average Bonchev–Trinajstić information content (AvgIpc) is 3.37. The number of carbonyl (C=O) groups is 1. The lowest BCUT2D eigenvalue weighted by molar-refractivity contribution is -0.148. The Balaban J connectivity index is 1.16. The number of aliphatic hydroxyl groups excluding tert-OH is 1. The number of aryl methyl sites for hydroxylation is 1. The summed E-state index contributed by atoms with van der Waals surface area (Å²) in [6.07, 6.45) is 9.61. The molecule has 1 saturated carbocycles. The topological polar surface area (TPSA) is 99.1 Å². The Hall–Kier alpha value is -3.49.